The minimum Gasteiger partial charge on any atom is -0.353 e. The third-order valence-electron chi connectivity index (χ3n) is 5.15. The van der Waals surface area contributed by atoms with Crippen LogP contribution in [0.2, 0.25) is 0 Å². The van der Waals surface area contributed by atoms with Crippen LogP contribution in [-0.4, -0.2) is 66.9 Å². The Hall–Kier alpha value is -2.26. The molecule has 0 unspecified atom stereocenters. The molecule has 2 aromatic rings. The molecule has 4 heterocycles. The molecule has 4 rings (SSSR count). The van der Waals surface area contributed by atoms with Gasteiger partial charge in [-0.25, -0.2) is 18.4 Å². The zero-order valence-corrected chi connectivity index (χ0v) is 16.1. The lowest BCUT2D eigenvalue weighted by molar-refractivity contribution is 0.346. The highest BCUT2D eigenvalue weighted by Gasteiger charge is 2.26. The maximum absolute atomic E-state index is 12.7. The van der Waals surface area contributed by atoms with E-state index in [1.807, 2.05) is 6.07 Å². The highest BCUT2D eigenvalue weighted by atomic mass is 32.2. The standard InChI is InChI=1S/C18H24N6O2S/c25-27(26,24-8-2-1-3-9-24)16-4-5-17(21-14-16)22-10-12-23(13-11-22)18-15-19-6-7-20-18/h4-7,14-15H,1-3,8-13H2. The van der Waals surface area contributed by atoms with Gasteiger partial charge in [0.2, 0.25) is 10.0 Å². The molecule has 8 nitrogen and oxygen atoms in total. The van der Waals surface area contributed by atoms with Crippen molar-refractivity contribution in [3.8, 4) is 0 Å². The zero-order valence-electron chi connectivity index (χ0n) is 15.2. The molecule has 144 valence electrons. The monoisotopic (exact) mass is 388 g/mol. The number of sulfonamides is 1. The molecule has 0 N–H and O–H groups in total. The second-order valence-electron chi connectivity index (χ2n) is 6.85. The average Bonchev–Trinajstić information content (AvgIpc) is 2.75. The molecule has 2 aliphatic heterocycles. The SMILES string of the molecule is O=S(=O)(c1ccc(N2CCN(c3cnccn3)CC2)nc1)N1CCCCC1. The second kappa shape index (κ2) is 7.77. The fourth-order valence-electron chi connectivity index (χ4n) is 3.59. The molecular weight excluding hydrogens is 364 g/mol. The molecule has 0 radical (unpaired) electrons. The van der Waals surface area contributed by atoms with Crippen LogP contribution in [0.1, 0.15) is 19.3 Å². The Morgan fingerprint density at radius 2 is 1.44 bits per heavy atom. The number of pyridine rings is 1. The number of nitrogens with zero attached hydrogens (tertiary/aromatic N) is 6. The fraction of sp³-hybridized carbons (Fsp3) is 0.500. The second-order valence-corrected chi connectivity index (χ2v) is 8.79. The van der Waals surface area contributed by atoms with Crippen LogP contribution in [0.15, 0.2) is 41.8 Å². The maximum Gasteiger partial charge on any atom is 0.244 e. The van der Waals surface area contributed by atoms with Crippen molar-refractivity contribution in [1.29, 1.82) is 0 Å². The van der Waals surface area contributed by atoms with Gasteiger partial charge in [-0.1, -0.05) is 6.42 Å². The quantitative estimate of drug-likeness (QED) is 0.782. The van der Waals surface area contributed by atoms with E-state index in [-0.39, 0.29) is 4.90 Å². The summed E-state index contributed by atoms with van der Waals surface area (Å²) in [5, 5.41) is 0. The minimum atomic E-state index is -3.43. The molecule has 9 heteroatoms. The molecule has 0 atom stereocenters. The van der Waals surface area contributed by atoms with Gasteiger partial charge in [0.1, 0.15) is 16.5 Å². The molecule has 0 saturated carbocycles. The van der Waals surface area contributed by atoms with Crippen molar-refractivity contribution in [2.45, 2.75) is 24.2 Å². The summed E-state index contributed by atoms with van der Waals surface area (Å²) in [5.74, 6) is 1.69. The highest BCUT2D eigenvalue weighted by Crippen LogP contribution is 2.22. The first-order valence-corrected chi connectivity index (χ1v) is 10.8. The number of piperidine rings is 1. The van der Waals surface area contributed by atoms with Crippen LogP contribution in [0, 0.1) is 0 Å². The van der Waals surface area contributed by atoms with Crippen LogP contribution >= 0.6 is 0 Å². The summed E-state index contributed by atoms with van der Waals surface area (Å²) in [4.78, 5) is 17.5. The highest BCUT2D eigenvalue weighted by molar-refractivity contribution is 7.89. The molecule has 2 aliphatic rings. The van der Waals surface area contributed by atoms with Gasteiger partial charge in [-0.3, -0.25) is 4.98 Å². The van der Waals surface area contributed by atoms with Crippen LogP contribution in [0.25, 0.3) is 0 Å². The van der Waals surface area contributed by atoms with Crippen LogP contribution in [0.5, 0.6) is 0 Å². The number of rotatable bonds is 4. The predicted molar refractivity (Wildman–Crippen MR) is 103 cm³/mol. The first-order chi connectivity index (χ1) is 13.1. The number of aromatic nitrogens is 3. The van der Waals surface area contributed by atoms with Crippen molar-refractivity contribution in [1.82, 2.24) is 19.3 Å². The van der Waals surface area contributed by atoms with E-state index >= 15 is 0 Å². The van der Waals surface area contributed by atoms with E-state index in [0.29, 0.717) is 13.1 Å². The molecule has 0 amide bonds. The minimum absolute atomic E-state index is 0.284. The van der Waals surface area contributed by atoms with Gasteiger partial charge in [-0.2, -0.15) is 4.31 Å². The molecule has 27 heavy (non-hydrogen) atoms. The molecule has 0 spiro atoms. The summed E-state index contributed by atoms with van der Waals surface area (Å²) < 4.78 is 27.0. The maximum atomic E-state index is 12.7. The van der Waals surface area contributed by atoms with E-state index in [0.717, 1.165) is 57.1 Å². The Balaban J connectivity index is 1.41. The molecular formula is C18H24N6O2S. The van der Waals surface area contributed by atoms with Crippen LogP contribution in [0.3, 0.4) is 0 Å². The molecule has 2 fully saturated rings. The lowest BCUT2D eigenvalue weighted by Gasteiger charge is -2.35. The lowest BCUT2D eigenvalue weighted by atomic mass is 10.2. The topological polar surface area (TPSA) is 82.5 Å². The van der Waals surface area contributed by atoms with Crippen molar-refractivity contribution in [2.24, 2.45) is 0 Å². The van der Waals surface area contributed by atoms with Gasteiger partial charge >= 0.3 is 0 Å². The van der Waals surface area contributed by atoms with E-state index in [1.54, 1.807) is 29.0 Å². The Kier molecular flexibility index (Phi) is 5.22. The average molecular weight is 388 g/mol. The Bertz CT molecular complexity index is 845. The van der Waals surface area contributed by atoms with Crippen molar-refractivity contribution in [2.75, 3.05) is 49.1 Å². The number of piperazine rings is 1. The third-order valence-corrected chi connectivity index (χ3v) is 7.03. The van der Waals surface area contributed by atoms with Crippen molar-refractivity contribution >= 4 is 21.7 Å². The van der Waals surface area contributed by atoms with Crippen molar-refractivity contribution < 1.29 is 8.42 Å². The van der Waals surface area contributed by atoms with Crippen molar-refractivity contribution in [3.05, 3.63) is 36.9 Å². The Morgan fingerprint density at radius 1 is 0.741 bits per heavy atom. The van der Waals surface area contributed by atoms with Crippen LogP contribution < -0.4 is 9.80 Å². The number of hydrogen-bond donors (Lipinski definition) is 0. The van der Waals surface area contributed by atoms with Crippen LogP contribution in [0.4, 0.5) is 11.6 Å². The summed E-state index contributed by atoms with van der Waals surface area (Å²) in [6, 6.07) is 3.50. The molecule has 0 bridgehead atoms. The predicted octanol–water partition coefficient (Wildman–Crippen LogP) is 1.37. The first kappa shape index (κ1) is 18.1. The van der Waals surface area contributed by atoms with E-state index in [9.17, 15) is 8.42 Å². The van der Waals surface area contributed by atoms with Gasteiger partial charge < -0.3 is 9.80 Å². The molecule has 2 saturated heterocycles. The van der Waals surface area contributed by atoms with Crippen molar-refractivity contribution in [3.63, 3.8) is 0 Å². The molecule has 2 aromatic heterocycles. The van der Waals surface area contributed by atoms with Gasteiger partial charge in [0.05, 0.1) is 6.20 Å². The van der Waals surface area contributed by atoms with Gasteiger partial charge in [0, 0.05) is 57.9 Å². The summed E-state index contributed by atoms with van der Waals surface area (Å²) in [6.07, 6.45) is 9.60. The molecule has 0 aromatic carbocycles. The number of hydrogen-bond acceptors (Lipinski definition) is 7. The van der Waals surface area contributed by atoms with Crippen LogP contribution in [-0.2, 0) is 10.0 Å². The van der Waals surface area contributed by atoms with E-state index in [1.165, 1.54) is 6.20 Å². The van der Waals surface area contributed by atoms with Gasteiger partial charge in [0.15, 0.2) is 0 Å². The Morgan fingerprint density at radius 3 is 2.04 bits per heavy atom. The van der Waals surface area contributed by atoms with E-state index < -0.39 is 10.0 Å². The zero-order chi connectivity index (χ0) is 18.7. The summed E-state index contributed by atoms with van der Waals surface area (Å²) in [7, 11) is -3.43. The Labute approximate surface area is 159 Å². The fourth-order valence-corrected chi connectivity index (χ4v) is 5.05. The van der Waals surface area contributed by atoms with Gasteiger partial charge in [0.25, 0.3) is 0 Å². The first-order valence-electron chi connectivity index (χ1n) is 9.37. The normalized spacial score (nSPS) is 19.3. The van der Waals surface area contributed by atoms with Gasteiger partial charge in [-0.15, -0.1) is 0 Å². The molecule has 0 aliphatic carbocycles. The number of anilines is 2. The summed E-state index contributed by atoms with van der Waals surface area (Å²) in [5.41, 5.74) is 0. The largest absolute Gasteiger partial charge is 0.353 e. The van der Waals surface area contributed by atoms with Gasteiger partial charge in [-0.05, 0) is 25.0 Å². The third kappa shape index (κ3) is 3.89. The summed E-state index contributed by atoms with van der Waals surface area (Å²) >= 11 is 0. The lowest BCUT2D eigenvalue weighted by Crippen LogP contribution is -2.47. The van der Waals surface area contributed by atoms with E-state index in [4.69, 9.17) is 0 Å². The van der Waals surface area contributed by atoms with E-state index in [2.05, 4.69) is 24.8 Å². The summed E-state index contributed by atoms with van der Waals surface area (Å²) in [6.45, 7) is 4.48. The smallest absolute Gasteiger partial charge is 0.244 e.